The topological polar surface area (TPSA) is 46.6 Å². The highest BCUT2D eigenvalue weighted by Gasteiger charge is 2.25. The van der Waals surface area contributed by atoms with Crippen molar-refractivity contribution in [2.45, 2.75) is 38.5 Å². The van der Waals surface area contributed by atoms with Gasteiger partial charge >= 0.3 is 0 Å². The van der Waals surface area contributed by atoms with E-state index in [0.29, 0.717) is 23.9 Å². The van der Waals surface area contributed by atoms with Crippen molar-refractivity contribution in [2.24, 2.45) is 0 Å². The minimum absolute atomic E-state index is 0.133. The van der Waals surface area contributed by atoms with Gasteiger partial charge < -0.3 is 4.74 Å². The molecule has 0 aliphatic carbocycles. The van der Waals surface area contributed by atoms with E-state index < -0.39 is 10.0 Å². The number of nitrogens with zero attached hydrogens (tertiary/aromatic N) is 1. The van der Waals surface area contributed by atoms with Gasteiger partial charge in [-0.2, -0.15) is 0 Å². The lowest BCUT2D eigenvalue weighted by Gasteiger charge is -2.19. The average molecular weight is 320 g/mol. The molecule has 0 heterocycles. The zero-order valence-corrected chi connectivity index (χ0v) is 14.0. The molecule has 1 rings (SSSR count). The predicted octanol–water partition coefficient (Wildman–Crippen LogP) is 3.47. The van der Waals surface area contributed by atoms with Gasteiger partial charge in [0, 0.05) is 18.6 Å². The largest absolute Gasteiger partial charge is 0.492 e. The molecule has 0 N–H and O–H groups in total. The number of hydrogen-bond donors (Lipinski definition) is 0. The third-order valence-corrected chi connectivity index (χ3v) is 5.32. The predicted molar refractivity (Wildman–Crippen MR) is 82.1 cm³/mol. The van der Waals surface area contributed by atoms with Crippen molar-refractivity contribution in [1.29, 1.82) is 0 Å². The summed E-state index contributed by atoms with van der Waals surface area (Å²) in [6, 6.07) is 3.14. The molecule has 0 atom stereocenters. The molecule has 0 saturated heterocycles. The van der Waals surface area contributed by atoms with Crippen molar-refractivity contribution in [3.8, 4) is 5.75 Å². The lowest BCUT2D eigenvalue weighted by Crippen LogP contribution is -2.28. The molecule has 4 nitrogen and oxygen atoms in total. The fourth-order valence-electron chi connectivity index (χ4n) is 1.78. The van der Waals surface area contributed by atoms with Crippen LogP contribution < -0.4 is 4.74 Å². The number of aryl methyl sites for hydroxylation is 1. The van der Waals surface area contributed by atoms with Crippen LogP contribution in [0, 0.1) is 6.92 Å². The lowest BCUT2D eigenvalue weighted by atomic mass is 10.2. The molecule has 0 aromatic heterocycles. The number of rotatable bonds is 7. The molecular formula is C14H22ClNO3S. The van der Waals surface area contributed by atoms with Gasteiger partial charge in [-0.05, 0) is 38.0 Å². The molecule has 6 heteroatoms. The highest BCUT2D eigenvalue weighted by atomic mass is 35.5. The Hall–Kier alpha value is -0.780. The Morgan fingerprint density at radius 1 is 1.30 bits per heavy atom. The fraction of sp³-hybridized carbons (Fsp3) is 0.571. The van der Waals surface area contributed by atoms with Crippen molar-refractivity contribution in [3.63, 3.8) is 0 Å². The summed E-state index contributed by atoms with van der Waals surface area (Å²) in [4.78, 5) is 0.133. The molecule has 1 aromatic carbocycles. The van der Waals surface area contributed by atoms with Gasteiger partial charge in [-0.25, -0.2) is 12.7 Å². The van der Waals surface area contributed by atoms with Crippen LogP contribution >= 0.6 is 11.6 Å². The maximum absolute atomic E-state index is 12.6. The Morgan fingerprint density at radius 2 is 1.95 bits per heavy atom. The number of sulfonamides is 1. The molecule has 0 amide bonds. The molecule has 0 spiro atoms. The molecule has 0 radical (unpaired) electrons. The summed E-state index contributed by atoms with van der Waals surface area (Å²) in [6.45, 7) is 6.55. The van der Waals surface area contributed by atoms with Gasteiger partial charge in [0.15, 0.2) is 0 Å². The Bertz CT molecular complexity index is 558. The highest BCUT2D eigenvalue weighted by molar-refractivity contribution is 7.89. The van der Waals surface area contributed by atoms with Gasteiger partial charge in [-0.3, -0.25) is 0 Å². The number of ether oxygens (including phenoxy) is 1. The van der Waals surface area contributed by atoms with E-state index in [9.17, 15) is 8.42 Å². The minimum atomic E-state index is -3.58. The summed E-state index contributed by atoms with van der Waals surface area (Å²) in [5.41, 5.74) is 0.797. The summed E-state index contributed by atoms with van der Waals surface area (Å²) in [6.07, 6.45) is 1.76. The number of unbranched alkanes of at least 4 members (excludes halogenated alkanes) is 1. The summed E-state index contributed by atoms with van der Waals surface area (Å²) in [7, 11) is -2.00. The lowest BCUT2D eigenvalue weighted by molar-refractivity contribution is 0.329. The SMILES string of the molecule is CCCCN(C)S(=O)(=O)c1cc(Cl)c(C)cc1OCC. The fourth-order valence-corrected chi connectivity index (χ4v) is 3.35. The van der Waals surface area contributed by atoms with Gasteiger partial charge in [0.2, 0.25) is 10.0 Å². The van der Waals surface area contributed by atoms with E-state index in [1.54, 1.807) is 13.1 Å². The molecule has 0 aliphatic rings. The van der Waals surface area contributed by atoms with Crippen LogP contribution in [-0.4, -0.2) is 32.9 Å². The summed E-state index contributed by atoms with van der Waals surface area (Å²) in [5, 5.41) is 0.427. The third kappa shape index (κ3) is 3.87. The number of hydrogen-bond acceptors (Lipinski definition) is 3. The van der Waals surface area contributed by atoms with Gasteiger partial charge in [0.05, 0.1) is 6.61 Å². The normalized spacial score (nSPS) is 11.9. The zero-order valence-electron chi connectivity index (χ0n) is 12.4. The van der Waals surface area contributed by atoms with Crippen molar-refractivity contribution < 1.29 is 13.2 Å². The van der Waals surface area contributed by atoms with Crippen LogP contribution in [0.4, 0.5) is 0 Å². The van der Waals surface area contributed by atoms with Crippen molar-refractivity contribution in [1.82, 2.24) is 4.31 Å². The zero-order chi connectivity index (χ0) is 15.3. The van der Waals surface area contributed by atoms with Crippen molar-refractivity contribution >= 4 is 21.6 Å². The van der Waals surface area contributed by atoms with E-state index in [1.807, 2.05) is 20.8 Å². The van der Waals surface area contributed by atoms with Crippen LogP contribution in [0.2, 0.25) is 5.02 Å². The summed E-state index contributed by atoms with van der Waals surface area (Å²) >= 11 is 6.06. The van der Waals surface area contributed by atoms with E-state index in [2.05, 4.69) is 0 Å². The number of halogens is 1. The second-order valence-electron chi connectivity index (χ2n) is 4.66. The van der Waals surface area contributed by atoms with Crippen LogP contribution in [-0.2, 0) is 10.0 Å². The maximum atomic E-state index is 12.6. The van der Waals surface area contributed by atoms with Crippen LogP contribution in [0.1, 0.15) is 32.3 Å². The smallest absolute Gasteiger partial charge is 0.246 e. The first kappa shape index (κ1) is 17.3. The molecule has 0 aliphatic heterocycles. The second kappa shape index (κ2) is 7.29. The van der Waals surface area contributed by atoms with Gasteiger partial charge in [-0.1, -0.05) is 24.9 Å². The molecule has 0 bridgehead atoms. The van der Waals surface area contributed by atoms with Gasteiger partial charge in [-0.15, -0.1) is 0 Å². The first-order chi connectivity index (χ1) is 9.34. The van der Waals surface area contributed by atoms with Gasteiger partial charge in [0.1, 0.15) is 10.6 Å². The van der Waals surface area contributed by atoms with Crippen LogP contribution in [0.25, 0.3) is 0 Å². The minimum Gasteiger partial charge on any atom is -0.492 e. The van der Waals surface area contributed by atoms with Crippen LogP contribution in [0.15, 0.2) is 17.0 Å². The maximum Gasteiger partial charge on any atom is 0.246 e. The first-order valence-corrected chi connectivity index (χ1v) is 8.55. The Balaban J connectivity index is 3.25. The summed E-state index contributed by atoms with van der Waals surface area (Å²) in [5.74, 6) is 0.359. The Labute approximate surface area is 126 Å². The molecule has 0 unspecified atom stereocenters. The monoisotopic (exact) mass is 319 g/mol. The van der Waals surface area contributed by atoms with Crippen LogP contribution in [0.3, 0.4) is 0 Å². The third-order valence-electron chi connectivity index (χ3n) is 3.04. The van der Waals surface area contributed by atoms with E-state index in [-0.39, 0.29) is 4.90 Å². The van der Waals surface area contributed by atoms with E-state index in [4.69, 9.17) is 16.3 Å². The van der Waals surface area contributed by atoms with Gasteiger partial charge in [0.25, 0.3) is 0 Å². The molecular weight excluding hydrogens is 298 g/mol. The van der Waals surface area contributed by atoms with Crippen molar-refractivity contribution in [3.05, 3.63) is 22.7 Å². The molecule has 20 heavy (non-hydrogen) atoms. The number of benzene rings is 1. The van der Waals surface area contributed by atoms with Crippen molar-refractivity contribution in [2.75, 3.05) is 20.2 Å². The van der Waals surface area contributed by atoms with E-state index >= 15 is 0 Å². The first-order valence-electron chi connectivity index (χ1n) is 6.73. The Morgan fingerprint density at radius 3 is 2.50 bits per heavy atom. The molecule has 0 fully saturated rings. The van der Waals surface area contributed by atoms with E-state index in [0.717, 1.165) is 18.4 Å². The quantitative estimate of drug-likeness (QED) is 0.773. The molecule has 0 saturated carbocycles. The summed E-state index contributed by atoms with van der Waals surface area (Å²) < 4.78 is 32.0. The highest BCUT2D eigenvalue weighted by Crippen LogP contribution is 2.32. The standard InChI is InChI=1S/C14H22ClNO3S/c1-5-7-8-16(4)20(17,18)14-10-12(15)11(3)9-13(14)19-6-2/h9-10H,5-8H2,1-4H3. The Kier molecular flexibility index (Phi) is 6.30. The molecule has 114 valence electrons. The van der Waals surface area contributed by atoms with E-state index in [1.165, 1.54) is 10.4 Å². The molecule has 1 aromatic rings. The second-order valence-corrected chi connectivity index (χ2v) is 7.08. The average Bonchev–Trinajstić information content (AvgIpc) is 2.39. The van der Waals surface area contributed by atoms with Crippen LogP contribution in [0.5, 0.6) is 5.75 Å².